The summed E-state index contributed by atoms with van der Waals surface area (Å²) in [5.41, 5.74) is 0. The van der Waals surface area contributed by atoms with E-state index in [0.717, 1.165) is 6.42 Å². The average Bonchev–Trinajstić information content (AvgIpc) is 2.39. The molecule has 1 aliphatic heterocycles. The van der Waals surface area contributed by atoms with E-state index in [9.17, 15) is 9.59 Å². The van der Waals surface area contributed by atoms with Crippen molar-refractivity contribution in [1.29, 1.82) is 0 Å². The van der Waals surface area contributed by atoms with Crippen LogP contribution in [0.25, 0.3) is 0 Å². The van der Waals surface area contributed by atoms with Crippen molar-refractivity contribution in [3.8, 4) is 0 Å². The van der Waals surface area contributed by atoms with Gasteiger partial charge in [0.05, 0.1) is 12.6 Å². The van der Waals surface area contributed by atoms with Gasteiger partial charge in [0.1, 0.15) is 12.1 Å². The van der Waals surface area contributed by atoms with Crippen molar-refractivity contribution in [3.05, 3.63) is 0 Å². The minimum Gasteiger partial charge on any atom is -0.380 e. The molecule has 2 amide bonds. The molecule has 1 saturated heterocycles. The summed E-state index contributed by atoms with van der Waals surface area (Å²) in [6, 6.07) is -0.916. The predicted octanol–water partition coefficient (Wildman–Crippen LogP) is 1.17. The first-order valence-corrected chi connectivity index (χ1v) is 7.14. The number of hydrogen-bond donors (Lipinski definition) is 1. The maximum absolute atomic E-state index is 12.5. The fraction of sp³-hybridized carbons (Fsp3) is 0.857. The molecule has 0 aromatic carbocycles. The Labute approximate surface area is 115 Å². The van der Waals surface area contributed by atoms with Crippen LogP contribution in [0.1, 0.15) is 41.0 Å². The Balaban J connectivity index is 2.86. The van der Waals surface area contributed by atoms with Crippen molar-refractivity contribution >= 4 is 11.8 Å². The molecule has 5 nitrogen and oxygen atoms in total. The number of ether oxygens (including phenoxy) is 1. The topological polar surface area (TPSA) is 58.6 Å². The van der Waals surface area contributed by atoms with Gasteiger partial charge in [-0.05, 0) is 26.7 Å². The van der Waals surface area contributed by atoms with E-state index in [4.69, 9.17) is 4.74 Å². The van der Waals surface area contributed by atoms with Crippen molar-refractivity contribution in [1.82, 2.24) is 10.2 Å². The summed E-state index contributed by atoms with van der Waals surface area (Å²) >= 11 is 0. The third-order valence-corrected chi connectivity index (χ3v) is 3.87. The number of piperazine rings is 1. The number of amides is 2. The summed E-state index contributed by atoms with van der Waals surface area (Å²) in [6.07, 6.45) is 0.860. The van der Waals surface area contributed by atoms with Gasteiger partial charge in [-0.2, -0.15) is 0 Å². The Kier molecular flexibility index (Phi) is 5.79. The quantitative estimate of drug-likeness (QED) is 0.788. The molecule has 0 radical (unpaired) electrons. The largest absolute Gasteiger partial charge is 0.380 e. The average molecular weight is 270 g/mol. The second-order valence-corrected chi connectivity index (χ2v) is 5.30. The lowest BCUT2D eigenvalue weighted by Crippen LogP contribution is -2.66. The van der Waals surface area contributed by atoms with Crippen LogP contribution in [0.4, 0.5) is 0 Å². The Morgan fingerprint density at radius 1 is 1.32 bits per heavy atom. The van der Waals surface area contributed by atoms with E-state index in [2.05, 4.69) is 5.32 Å². The number of hydrogen-bond acceptors (Lipinski definition) is 3. The molecule has 1 aliphatic rings. The highest BCUT2D eigenvalue weighted by Gasteiger charge is 2.41. The second kappa shape index (κ2) is 6.89. The number of carbonyl (C=O) groups is 2. The van der Waals surface area contributed by atoms with Crippen LogP contribution in [-0.2, 0) is 14.3 Å². The standard InChI is InChI=1S/C14H26N2O3/c1-6-9(3)12-14(18)16(10(4)8-19-7-2)11(5)13(17)15-12/h9-12H,6-8H2,1-5H3,(H,15,17). The first kappa shape index (κ1) is 16.0. The van der Waals surface area contributed by atoms with Crippen LogP contribution < -0.4 is 5.32 Å². The van der Waals surface area contributed by atoms with E-state index >= 15 is 0 Å². The first-order valence-electron chi connectivity index (χ1n) is 7.14. The van der Waals surface area contributed by atoms with E-state index in [1.807, 2.05) is 27.7 Å². The molecular weight excluding hydrogens is 244 g/mol. The summed E-state index contributed by atoms with van der Waals surface area (Å²) in [5, 5.41) is 2.84. The number of nitrogens with zero attached hydrogens (tertiary/aromatic N) is 1. The van der Waals surface area contributed by atoms with Gasteiger partial charge in [-0.25, -0.2) is 0 Å². The third-order valence-electron chi connectivity index (χ3n) is 3.87. The van der Waals surface area contributed by atoms with Crippen LogP contribution in [-0.4, -0.2) is 48.1 Å². The van der Waals surface area contributed by atoms with Crippen molar-refractivity contribution in [3.63, 3.8) is 0 Å². The first-order chi connectivity index (χ1) is 8.93. The maximum Gasteiger partial charge on any atom is 0.246 e. The van der Waals surface area contributed by atoms with E-state index in [1.54, 1.807) is 11.8 Å². The van der Waals surface area contributed by atoms with Crippen LogP contribution in [0.15, 0.2) is 0 Å². The molecule has 0 aliphatic carbocycles. The van der Waals surface area contributed by atoms with Crippen LogP contribution >= 0.6 is 0 Å². The molecule has 1 N–H and O–H groups in total. The highest BCUT2D eigenvalue weighted by molar-refractivity contribution is 5.97. The molecule has 110 valence electrons. The lowest BCUT2D eigenvalue weighted by Gasteiger charge is -2.42. The molecule has 0 spiro atoms. The van der Waals surface area contributed by atoms with Gasteiger partial charge in [0.2, 0.25) is 11.8 Å². The van der Waals surface area contributed by atoms with E-state index in [0.29, 0.717) is 13.2 Å². The highest BCUT2D eigenvalue weighted by atomic mass is 16.5. The minimum atomic E-state index is -0.428. The predicted molar refractivity (Wildman–Crippen MR) is 73.6 cm³/mol. The van der Waals surface area contributed by atoms with Gasteiger partial charge in [0.25, 0.3) is 0 Å². The number of carbonyl (C=O) groups excluding carboxylic acids is 2. The number of nitrogens with one attached hydrogen (secondary N) is 1. The molecule has 0 bridgehead atoms. The molecule has 0 aromatic rings. The molecule has 1 fully saturated rings. The van der Waals surface area contributed by atoms with Crippen molar-refractivity contribution in [2.45, 2.75) is 59.2 Å². The van der Waals surface area contributed by atoms with Crippen LogP contribution in [0.3, 0.4) is 0 Å². The van der Waals surface area contributed by atoms with Crippen LogP contribution in [0, 0.1) is 5.92 Å². The summed E-state index contributed by atoms with van der Waals surface area (Å²) < 4.78 is 5.38. The molecule has 0 aromatic heterocycles. The van der Waals surface area contributed by atoms with Gasteiger partial charge < -0.3 is 15.0 Å². The smallest absolute Gasteiger partial charge is 0.246 e. The molecule has 0 saturated carbocycles. The van der Waals surface area contributed by atoms with Gasteiger partial charge in [-0.3, -0.25) is 9.59 Å². The summed E-state index contributed by atoms with van der Waals surface area (Å²) in [6.45, 7) is 10.7. The van der Waals surface area contributed by atoms with Gasteiger partial charge >= 0.3 is 0 Å². The van der Waals surface area contributed by atoms with E-state index in [1.165, 1.54) is 0 Å². The van der Waals surface area contributed by atoms with E-state index < -0.39 is 12.1 Å². The lowest BCUT2D eigenvalue weighted by molar-refractivity contribution is -0.153. The molecule has 1 heterocycles. The second-order valence-electron chi connectivity index (χ2n) is 5.30. The van der Waals surface area contributed by atoms with Gasteiger partial charge in [-0.15, -0.1) is 0 Å². The SMILES string of the molecule is CCOCC(C)N1C(=O)C(C(C)CC)NC(=O)C1C. The molecule has 5 heteroatoms. The molecule has 19 heavy (non-hydrogen) atoms. The Bertz CT molecular complexity index is 333. The third kappa shape index (κ3) is 3.47. The zero-order valence-electron chi connectivity index (χ0n) is 12.6. The summed E-state index contributed by atoms with van der Waals surface area (Å²) in [7, 11) is 0. The normalized spacial score (nSPS) is 27.1. The van der Waals surface area contributed by atoms with Crippen molar-refractivity contribution in [2.24, 2.45) is 5.92 Å². The summed E-state index contributed by atoms with van der Waals surface area (Å²) in [4.78, 5) is 26.2. The van der Waals surface area contributed by atoms with E-state index in [-0.39, 0.29) is 23.8 Å². The monoisotopic (exact) mass is 270 g/mol. The Morgan fingerprint density at radius 2 is 1.95 bits per heavy atom. The Morgan fingerprint density at radius 3 is 2.47 bits per heavy atom. The van der Waals surface area contributed by atoms with Crippen molar-refractivity contribution < 1.29 is 14.3 Å². The fourth-order valence-electron chi connectivity index (χ4n) is 2.40. The minimum absolute atomic E-state index is 0.00801. The Hall–Kier alpha value is -1.10. The van der Waals surface area contributed by atoms with Crippen LogP contribution in [0.5, 0.6) is 0 Å². The zero-order valence-corrected chi connectivity index (χ0v) is 12.6. The van der Waals surface area contributed by atoms with Crippen molar-refractivity contribution in [2.75, 3.05) is 13.2 Å². The zero-order chi connectivity index (χ0) is 14.6. The van der Waals surface area contributed by atoms with Crippen LogP contribution in [0.2, 0.25) is 0 Å². The fourth-order valence-corrected chi connectivity index (χ4v) is 2.40. The highest BCUT2D eigenvalue weighted by Crippen LogP contribution is 2.20. The van der Waals surface area contributed by atoms with Gasteiger partial charge in [0, 0.05) is 6.61 Å². The molecule has 4 unspecified atom stereocenters. The molecule has 1 rings (SSSR count). The number of rotatable bonds is 6. The maximum atomic E-state index is 12.5. The lowest BCUT2D eigenvalue weighted by atomic mass is 9.93. The summed E-state index contributed by atoms with van der Waals surface area (Å²) in [5.74, 6) is 0.0765. The molecule has 4 atom stereocenters. The molecular formula is C14H26N2O3. The van der Waals surface area contributed by atoms with Gasteiger partial charge in [-0.1, -0.05) is 20.3 Å². The van der Waals surface area contributed by atoms with Gasteiger partial charge in [0.15, 0.2) is 0 Å².